The highest BCUT2D eigenvalue weighted by molar-refractivity contribution is 5.90. The highest BCUT2D eigenvalue weighted by atomic mass is 15.3. The molecule has 0 atom stereocenters. The van der Waals surface area contributed by atoms with Gasteiger partial charge in [-0.3, -0.25) is 4.68 Å². The van der Waals surface area contributed by atoms with E-state index in [1.165, 1.54) is 0 Å². The minimum absolute atomic E-state index is 0.729. The predicted octanol–water partition coefficient (Wildman–Crippen LogP) is 1.41. The van der Waals surface area contributed by atoms with Gasteiger partial charge in [-0.1, -0.05) is 24.3 Å². The average molecular weight is 254 g/mol. The molecule has 0 fully saturated rings. The van der Waals surface area contributed by atoms with Crippen LogP contribution in [-0.2, 0) is 13.5 Å². The number of anilines is 1. The Kier molecular flexibility index (Phi) is 3.06. The lowest BCUT2D eigenvalue weighted by Gasteiger charge is -2.06. The summed E-state index contributed by atoms with van der Waals surface area (Å²) in [5, 5.41) is 17.8. The molecule has 0 bridgehead atoms. The van der Waals surface area contributed by atoms with Crippen LogP contribution in [0.3, 0.4) is 0 Å². The van der Waals surface area contributed by atoms with E-state index in [0.29, 0.717) is 0 Å². The summed E-state index contributed by atoms with van der Waals surface area (Å²) in [6.45, 7) is 0.729. The maximum atomic E-state index is 4.23. The summed E-state index contributed by atoms with van der Waals surface area (Å²) < 4.78 is 1.70. The molecule has 0 saturated heterocycles. The lowest BCUT2D eigenvalue weighted by atomic mass is 10.2. The van der Waals surface area contributed by atoms with E-state index < -0.39 is 0 Å². The second-order valence-electron chi connectivity index (χ2n) is 4.29. The second kappa shape index (κ2) is 5.01. The molecule has 0 radical (unpaired) electrons. The van der Waals surface area contributed by atoms with Gasteiger partial charge in [-0.15, -0.1) is 5.10 Å². The number of benzene rings is 1. The Bertz CT molecular complexity index is 685. The first-order valence-electron chi connectivity index (χ1n) is 6.12. The molecular formula is C13H14N6. The summed E-state index contributed by atoms with van der Waals surface area (Å²) in [5.41, 5.74) is 0. The largest absolute Gasteiger partial charge is 0.368 e. The monoisotopic (exact) mass is 254 g/mol. The van der Waals surface area contributed by atoms with Gasteiger partial charge in [0.2, 0.25) is 0 Å². The maximum absolute atomic E-state index is 4.23. The van der Waals surface area contributed by atoms with Gasteiger partial charge in [0, 0.05) is 30.8 Å². The van der Waals surface area contributed by atoms with Gasteiger partial charge in [0.25, 0.3) is 0 Å². The Labute approximate surface area is 110 Å². The van der Waals surface area contributed by atoms with E-state index in [4.69, 9.17) is 0 Å². The fourth-order valence-electron chi connectivity index (χ4n) is 1.95. The van der Waals surface area contributed by atoms with Crippen molar-refractivity contribution in [3.8, 4) is 0 Å². The summed E-state index contributed by atoms with van der Waals surface area (Å²) in [7, 11) is 1.86. The van der Waals surface area contributed by atoms with Crippen molar-refractivity contribution in [1.82, 2.24) is 25.0 Å². The second-order valence-corrected chi connectivity index (χ2v) is 4.29. The quantitative estimate of drug-likeness (QED) is 0.762. The third kappa shape index (κ3) is 2.52. The molecule has 0 aliphatic rings. The van der Waals surface area contributed by atoms with Crippen molar-refractivity contribution >= 4 is 16.6 Å². The Morgan fingerprint density at radius 2 is 2.16 bits per heavy atom. The van der Waals surface area contributed by atoms with Crippen molar-refractivity contribution in [2.45, 2.75) is 6.42 Å². The highest BCUT2D eigenvalue weighted by Gasteiger charge is 2.03. The zero-order valence-corrected chi connectivity index (χ0v) is 10.6. The summed E-state index contributed by atoms with van der Waals surface area (Å²) in [6, 6.07) is 8.04. The van der Waals surface area contributed by atoms with Gasteiger partial charge in [-0.05, 0) is 0 Å². The Morgan fingerprint density at radius 1 is 1.26 bits per heavy atom. The lowest BCUT2D eigenvalue weighted by molar-refractivity contribution is 0.741. The molecule has 0 amide bonds. The number of rotatable bonds is 4. The third-order valence-corrected chi connectivity index (χ3v) is 2.86. The summed E-state index contributed by atoms with van der Waals surface area (Å²) >= 11 is 0. The molecule has 3 rings (SSSR count). The van der Waals surface area contributed by atoms with Crippen molar-refractivity contribution in [2.75, 3.05) is 11.9 Å². The van der Waals surface area contributed by atoms with Crippen LogP contribution in [0.25, 0.3) is 10.8 Å². The van der Waals surface area contributed by atoms with Crippen molar-refractivity contribution in [2.24, 2.45) is 7.05 Å². The van der Waals surface area contributed by atoms with Gasteiger partial charge in [0.15, 0.2) is 11.6 Å². The zero-order chi connectivity index (χ0) is 13.1. The highest BCUT2D eigenvalue weighted by Crippen LogP contribution is 2.18. The number of aromatic nitrogens is 5. The number of hydrogen-bond donors (Lipinski definition) is 1. The van der Waals surface area contributed by atoms with E-state index in [-0.39, 0.29) is 0 Å². The summed E-state index contributed by atoms with van der Waals surface area (Å²) in [4.78, 5) is 4.19. The van der Waals surface area contributed by atoms with Gasteiger partial charge in [-0.25, -0.2) is 4.98 Å². The van der Waals surface area contributed by atoms with Crippen LogP contribution in [0, 0.1) is 0 Å². The molecule has 0 aliphatic heterocycles. The normalized spacial score (nSPS) is 10.8. The lowest BCUT2D eigenvalue weighted by Crippen LogP contribution is -2.08. The Balaban J connectivity index is 1.71. The fourth-order valence-corrected chi connectivity index (χ4v) is 1.95. The van der Waals surface area contributed by atoms with Gasteiger partial charge < -0.3 is 5.32 Å². The molecule has 19 heavy (non-hydrogen) atoms. The number of nitrogens with zero attached hydrogens (tertiary/aromatic N) is 5. The third-order valence-electron chi connectivity index (χ3n) is 2.86. The molecule has 0 spiro atoms. The molecule has 2 heterocycles. The fraction of sp³-hybridized carbons (Fsp3) is 0.231. The van der Waals surface area contributed by atoms with Crippen LogP contribution in [-0.4, -0.2) is 31.5 Å². The van der Waals surface area contributed by atoms with Gasteiger partial charge >= 0.3 is 0 Å². The first kappa shape index (κ1) is 11.6. The van der Waals surface area contributed by atoms with Crippen LogP contribution >= 0.6 is 0 Å². The maximum Gasteiger partial charge on any atom is 0.156 e. The Morgan fingerprint density at radius 3 is 3.00 bits per heavy atom. The van der Waals surface area contributed by atoms with Crippen LogP contribution in [0.5, 0.6) is 0 Å². The van der Waals surface area contributed by atoms with Crippen LogP contribution < -0.4 is 5.32 Å². The molecule has 2 aromatic heterocycles. The molecular weight excluding hydrogens is 240 g/mol. The van der Waals surface area contributed by atoms with E-state index in [2.05, 4.69) is 25.6 Å². The standard InChI is InChI=1S/C13H14N6/c1-19-9-15-12(18-19)6-7-14-13-11-5-3-2-4-10(11)8-16-17-13/h2-5,8-9H,6-7H2,1H3,(H,14,17). The van der Waals surface area contributed by atoms with Gasteiger partial charge in [0.1, 0.15) is 6.33 Å². The minimum Gasteiger partial charge on any atom is -0.368 e. The smallest absolute Gasteiger partial charge is 0.156 e. The van der Waals surface area contributed by atoms with Crippen molar-refractivity contribution in [1.29, 1.82) is 0 Å². The summed E-state index contributed by atoms with van der Waals surface area (Å²) in [6.07, 6.45) is 4.22. The van der Waals surface area contributed by atoms with Crippen LogP contribution in [0.2, 0.25) is 0 Å². The SMILES string of the molecule is Cn1cnc(CCNc2nncc3ccccc23)n1. The van der Waals surface area contributed by atoms with Crippen molar-refractivity contribution in [3.63, 3.8) is 0 Å². The van der Waals surface area contributed by atoms with Crippen LogP contribution in [0.1, 0.15) is 5.82 Å². The molecule has 6 nitrogen and oxygen atoms in total. The molecule has 0 aliphatic carbocycles. The molecule has 3 aromatic rings. The molecule has 6 heteroatoms. The van der Waals surface area contributed by atoms with E-state index in [1.54, 1.807) is 17.2 Å². The number of nitrogens with one attached hydrogen (secondary N) is 1. The first-order chi connectivity index (χ1) is 9.33. The van der Waals surface area contributed by atoms with Crippen molar-refractivity contribution in [3.05, 3.63) is 42.6 Å². The summed E-state index contributed by atoms with van der Waals surface area (Å²) in [5.74, 6) is 1.62. The molecule has 0 saturated carbocycles. The topological polar surface area (TPSA) is 68.5 Å². The van der Waals surface area contributed by atoms with E-state index >= 15 is 0 Å². The predicted molar refractivity (Wildman–Crippen MR) is 72.7 cm³/mol. The zero-order valence-electron chi connectivity index (χ0n) is 10.6. The molecule has 1 N–H and O–H groups in total. The van der Waals surface area contributed by atoms with Crippen LogP contribution in [0.4, 0.5) is 5.82 Å². The number of aryl methyl sites for hydroxylation is 1. The van der Waals surface area contributed by atoms with Crippen LogP contribution in [0.15, 0.2) is 36.8 Å². The number of fused-ring (bicyclic) bond motifs is 1. The van der Waals surface area contributed by atoms with E-state index in [0.717, 1.165) is 35.4 Å². The molecule has 96 valence electrons. The van der Waals surface area contributed by atoms with Gasteiger partial charge in [-0.2, -0.15) is 10.2 Å². The first-order valence-corrected chi connectivity index (χ1v) is 6.12. The molecule has 0 unspecified atom stereocenters. The average Bonchev–Trinajstić information content (AvgIpc) is 2.85. The molecule has 1 aromatic carbocycles. The van der Waals surface area contributed by atoms with Crippen molar-refractivity contribution < 1.29 is 0 Å². The minimum atomic E-state index is 0.729. The van der Waals surface area contributed by atoms with E-state index in [1.807, 2.05) is 31.3 Å². The van der Waals surface area contributed by atoms with Gasteiger partial charge in [0.05, 0.1) is 6.20 Å². The number of hydrogen-bond acceptors (Lipinski definition) is 5. The van der Waals surface area contributed by atoms with E-state index in [9.17, 15) is 0 Å². The Hall–Kier alpha value is -2.50.